The number of rotatable bonds is 8. The van der Waals surface area contributed by atoms with E-state index in [1.54, 1.807) is 4.90 Å². The first-order valence-corrected chi connectivity index (χ1v) is 15.9. The number of halogens is 4. The summed E-state index contributed by atoms with van der Waals surface area (Å²) in [6, 6.07) is 8.67. The number of aromatic nitrogens is 1. The van der Waals surface area contributed by atoms with Crippen molar-refractivity contribution in [1.82, 2.24) is 9.88 Å². The van der Waals surface area contributed by atoms with Crippen LogP contribution in [-0.2, 0) is 11.0 Å². The van der Waals surface area contributed by atoms with Gasteiger partial charge in [-0.15, -0.1) is 0 Å². The number of benzene rings is 1. The minimum Gasteiger partial charge on any atom is -0.402 e. The van der Waals surface area contributed by atoms with Crippen LogP contribution in [0, 0.1) is 5.92 Å². The SMILES string of the molecule is CC(C)C(=O)/C=C\Cl.CCC/C(N)=C1/C(=Nc2ccc(C3CCC3)cc2)CCN(C(=O)c2cnc(C(F)(F)F)cc2N)C1CC. The van der Waals surface area contributed by atoms with Crippen molar-refractivity contribution >= 4 is 40.4 Å². The second-order valence-electron chi connectivity index (χ2n) is 11.6. The lowest BCUT2D eigenvalue weighted by Gasteiger charge is -2.39. The lowest BCUT2D eigenvalue weighted by Crippen LogP contribution is -2.49. The van der Waals surface area contributed by atoms with Crippen LogP contribution in [0.2, 0.25) is 0 Å². The molecule has 2 aliphatic rings. The number of allylic oxidation sites excluding steroid dienone is 2. The number of aliphatic imine (C=N–C) groups is 1. The Morgan fingerprint density at radius 3 is 2.31 bits per heavy atom. The highest BCUT2D eigenvalue weighted by atomic mass is 35.5. The van der Waals surface area contributed by atoms with E-state index in [1.165, 1.54) is 36.4 Å². The van der Waals surface area contributed by atoms with Crippen LogP contribution in [0.15, 0.2) is 64.4 Å². The summed E-state index contributed by atoms with van der Waals surface area (Å²) in [5, 5.41) is 0. The van der Waals surface area contributed by atoms with E-state index in [2.05, 4.69) is 17.1 Å². The number of hydrogen-bond acceptors (Lipinski definition) is 6. The van der Waals surface area contributed by atoms with E-state index in [0.29, 0.717) is 43.5 Å². The van der Waals surface area contributed by atoms with Crippen molar-refractivity contribution in [2.24, 2.45) is 16.6 Å². The molecule has 4 N–H and O–H groups in total. The van der Waals surface area contributed by atoms with Gasteiger partial charge in [-0.3, -0.25) is 19.6 Å². The van der Waals surface area contributed by atoms with Crippen molar-refractivity contribution in [3.8, 4) is 0 Å². The van der Waals surface area contributed by atoms with Gasteiger partial charge in [-0.2, -0.15) is 13.2 Å². The van der Waals surface area contributed by atoms with Gasteiger partial charge in [0, 0.05) is 53.3 Å². The Labute approximate surface area is 268 Å². The molecule has 1 saturated carbocycles. The molecule has 1 aliphatic carbocycles. The van der Waals surface area contributed by atoms with Gasteiger partial charge in [-0.25, -0.2) is 0 Å². The van der Waals surface area contributed by atoms with E-state index in [4.69, 9.17) is 28.1 Å². The summed E-state index contributed by atoms with van der Waals surface area (Å²) in [6.45, 7) is 8.00. The average molecular weight is 646 g/mol. The molecular formula is C34H43ClF3N5O2. The molecule has 1 aliphatic heterocycles. The van der Waals surface area contributed by atoms with Crippen LogP contribution in [0.4, 0.5) is 24.5 Å². The molecule has 7 nitrogen and oxygen atoms in total. The van der Waals surface area contributed by atoms with Gasteiger partial charge in [0.1, 0.15) is 5.69 Å². The largest absolute Gasteiger partial charge is 0.433 e. The Morgan fingerprint density at radius 2 is 1.84 bits per heavy atom. The molecule has 1 saturated heterocycles. The van der Waals surface area contributed by atoms with E-state index < -0.39 is 17.8 Å². The molecule has 45 heavy (non-hydrogen) atoms. The molecule has 11 heteroatoms. The third kappa shape index (κ3) is 9.19. The molecule has 4 rings (SSSR count). The van der Waals surface area contributed by atoms with Gasteiger partial charge in [0.15, 0.2) is 5.78 Å². The summed E-state index contributed by atoms with van der Waals surface area (Å²) >= 11 is 5.14. The minimum atomic E-state index is -4.64. The van der Waals surface area contributed by atoms with Gasteiger partial charge in [0.25, 0.3) is 5.91 Å². The summed E-state index contributed by atoms with van der Waals surface area (Å²) < 4.78 is 39.1. The standard InChI is InChI=1S/C28H34F3N5O.C6H9ClO/c1-3-6-21(32)26-23(35-19-11-9-18(10-12-19)17-7-5-8-17)13-14-36(24(26)4-2)27(37)20-16-34-25(15-22(20)33)28(29,30)31;1-5(2)6(8)3-4-7/h9-12,15-17,24H,3-8,13-14,32H2,1-2H3,(H2,33,34);3-5H,1-2H3/b26-21+,35-23?;4-3-. The Morgan fingerprint density at radius 1 is 1.18 bits per heavy atom. The van der Waals surface area contributed by atoms with E-state index >= 15 is 0 Å². The molecular weight excluding hydrogens is 603 g/mol. The second-order valence-corrected chi connectivity index (χ2v) is 11.9. The zero-order valence-corrected chi connectivity index (χ0v) is 27.1. The average Bonchev–Trinajstić information content (AvgIpc) is 2.96. The fourth-order valence-corrected chi connectivity index (χ4v) is 5.51. The zero-order valence-electron chi connectivity index (χ0n) is 26.3. The summed E-state index contributed by atoms with van der Waals surface area (Å²) in [6.07, 6.45) is 3.91. The first-order chi connectivity index (χ1) is 21.3. The van der Waals surface area contributed by atoms with Crippen LogP contribution < -0.4 is 11.5 Å². The van der Waals surface area contributed by atoms with Gasteiger partial charge in [0.05, 0.1) is 17.3 Å². The monoisotopic (exact) mass is 645 g/mol. The number of amides is 1. The number of carbonyl (C=O) groups is 2. The molecule has 2 aromatic rings. The number of likely N-dealkylation sites (tertiary alicyclic amines) is 1. The molecule has 1 aromatic carbocycles. The first kappa shape index (κ1) is 35.8. The number of nitrogen functional groups attached to an aromatic ring is 1. The highest BCUT2D eigenvalue weighted by Crippen LogP contribution is 2.37. The Balaban J connectivity index is 0.000000610. The van der Waals surface area contributed by atoms with Crippen LogP contribution in [0.25, 0.3) is 0 Å². The molecule has 0 bridgehead atoms. The molecule has 2 heterocycles. The van der Waals surface area contributed by atoms with E-state index in [-0.39, 0.29) is 29.0 Å². The molecule has 1 atom stereocenters. The summed E-state index contributed by atoms with van der Waals surface area (Å²) in [5.74, 6) is 0.310. The number of carbonyl (C=O) groups excluding carboxylic acids is 2. The summed E-state index contributed by atoms with van der Waals surface area (Å²) in [7, 11) is 0. The van der Waals surface area contributed by atoms with Gasteiger partial charge in [-0.1, -0.05) is 64.3 Å². The predicted octanol–water partition coefficient (Wildman–Crippen LogP) is 8.32. The fourth-order valence-electron chi connectivity index (χ4n) is 5.38. The Bertz CT molecular complexity index is 1430. The lowest BCUT2D eigenvalue weighted by atomic mass is 9.80. The molecule has 1 unspecified atom stereocenters. The molecule has 1 amide bonds. The van der Waals surface area contributed by atoms with Gasteiger partial charge in [-0.05, 0) is 61.4 Å². The molecule has 0 radical (unpaired) electrons. The first-order valence-electron chi connectivity index (χ1n) is 15.4. The Kier molecular flexibility index (Phi) is 12.8. The van der Waals surface area contributed by atoms with E-state index in [0.717, 1.165) is 29.6 Å². The number of nitrogens with zero attached hydrogens (tertiary/aromatic N) is 3. The third-order valence-corrected chi connectivity index (χ3v) is 8.24. The van der Waals surface area contributed by atoms with E-state index in [9.17, 15) is 22.8 Å². The maximum absolute atomic E-state index is 13.5. The van der Waals surface area contributed by atoms with Gasteiger partial charge < -0.3 is 16.4 Å². The van der Waals surface area contributed by atoms with Crippen molar-refractivity contribution in [2.45, 2.75) is 90.8 Å². The quantitative estimate of drug-likeness (QED) is 0.280. The fraction of sp³-hybridized carbons (Fsp3) is 0.471. The minimum absolute atomic E-state index is 0.0492. The molecule has 0 spiro atoms. The molecule has 244 valence electrons. The van der Waals surface area contributed by atoms with Crippen LogP contribution >= 0.6 is 11.6 Å². The number of nitrogens with two attached hydrogens (primary N) is 2. The molecule has 2 fully saturated rings. The van der Waals surface area contributed by atoms with Gasteiger partial charge >= 0.3 is 6.18 Å². The summed E-state index contributed by atoms with van der Waals surface area (Å²) in [5.41, 5.74) is 16.8. The number of hydrogen-bond donors (Lipinski definition) is 2. The number of alkyl halides is 3. The number of ketones is 1. The highest BCUT2D eigenvalue weighted by Gasteiger charge is 2.37. The van der Waals surface area contributed by atoms with Crippen LogP contribution in [0.5, 0.6) is 0 Å². The summed E-state index contributed by atoms with van der Waals surface area (Å²) in [4.78, 5) is 34.1. The van der Waals surface area contributed by atoms with Gasteiger partial charge in [0.2, 0.25) is 0 Å². The van der Waals surface area contributed by atoms with Crippen molar-refractivity contribution in [3.05, 3.63) is 76.2 Å². The number of anilines is 1. The van der Waals surface area contributed by atoms with Crippen LogP contribution in [-0.4, -0.2) is 39.9 Å². The lowest BCUT2D eigenvalue weighted by molar-refractivity contribution is -0.141. The number of pyridine rings is 1. The van der Waals surface area contributed by atoms with Crippen molar-refractivity contribution < 1.29 is 22.8 Å². The third-order valence-electron chi connectivity index (χ3n) is 8.11. The smallest absolute Gasteiger partial charge is 0.402 e. The predicted molar refractivity (Wildman–Crippen MR) is 174 cm³/mol. The van der Waals surface area contributed by atoms with Crippen LogP contribution in [0.3, 0.4) is 0 Å². The molecule has 1 aromatic heterocycles. The normalized spacial score (nSPS) is 19.4. The second kappa shape index (κ2) is 16.1. The Hall–Kier alpha value is -3.66. The van der Waals surface area contributed by atoms with E-state index in [1.807, 2.05) is 39.8 Å². The van der Waals surface area contributed by atoms with Crippen molar-refractivity contribution in [2.75, 3.05) is 12.3 Å². The topological polar surface area (TPSA) is 115 Å². The maximum Gasteiger partial charge on any atom is 0.433 e. The van der Waals surface area contributed by atoms with Crippen molar-refractivity contribution in [3.63, 3.8) is 0 Å². The highest BCUT2D eigenvalue weighted by molar-refractivity contribution is 6.26. The van der Waals surface area contributed by atoms with Crippen molar-refractivity contribution in [1.29, 1.82) is 0 Å². The maximum atomic E-state index is 13.5. The van der Waals surface area contributed by atoms with Crippen LogP contribution in [0.1, 0.15) is 100 Å². The number of piperidine rings is 1. The zero-order chi connectivity index (χ0) is 33.3.